The Labute approximate surface area is 200 Å². The summed E-state index contributed by atoms with van der Waals surface area (Å²) in [5.74, 6) is 0.213. The number of alkyl halides is 3. The predicted octanol–water partition coefficient (Wildman–Crippen LogP) is 6.47. The number of nitrogens with zero attached hydrogens (tertiary/aromatic N) is 4. The number of piperazine rings is 1. The van der Waals surface area contributed by atoms with Crippen molar-refractivity contribution in [3.8, 4) is 0 Å². The molecular weight excluding hydrogens is 536 g/mol. The number of hydrogen-bond donors (Lipinski definition) is 1. The zero-order valence-electron chi connectivity index (χ0n) is 17.4. The van der Waals surface area contributed by atoms with E-state index in [0.717, 1.165) is 6.07 Å². The molecule has 1 aromatic carbocycles. The summed E-state index contributed by atoms with van der Waals surface area (Å²) < 4.78 is 40.7. The lowest BCUT2D eigenvalue weighted by Gasteiger charge is -2.54. The minimum atomic E-state index is -4.65. The zero-order valence-corrected chi connectivity index (χ0v) is 20.5. The third-order valence-electron chi connectivity index (χ3n) is 6.63. The van der Waals surface area contributed by atoms with Crippen molar-refractivity contribution in [3.63, 3.8) is 0 Å². The van der Waals surface area contributed by atoms with Gasteiger partial charge in [-0.2, -0.15) is 18.2 Å². The van der Waals surface area contributed by atoms with Gasteiger partial charge in [-0.3, -0.25) is 4.90 Å². The fraction of sp³-hybridized carbons (Fsp3) is 0.550. The van der Waals surface area contributed by atoms with Crippen molar-refractivity contribution in [1.82, 2.24) is 14.9 Å². The third kappa shape index (κ3) is 3.49. The molecule has 12 heteroatoms. The molecule has 0 radical (unpaired) electrons. The molecule has 2 saturated heterocycles. The van der Waals surface area contributed by atoms with Gasteiger partial charge in [-0.25, -0.2) is 9.78 Å². The maximum Gasteiger partial charge on any atom is 0.417 e. The van der Waals surface area contributed by atoms with Crippen molar-refractivity contribution in [1.29, 1.82) is 0 Å². The van der Waals surface area contributed by atoms with E-state index in [9.17, 15) is 23.1 Å². The standard InChI is InChI=1S/C20H20BrCl2F3N4O2/c1-18(2,3)19-5-4-9(30(19)17(31)32)7-29(8-19)15-10-6-11(20(24,25)26)12(21)13(22)14(10)27-16(23)28-15/h6,9H,4-5,7-8H2,1-3H3,(H,31,32). The summed E-state index contributed by atoms with van der Waals surface area (Å²) in [4.78, 5) is 23.8. The number of aromatic nitrogens is 2. The van der Waals surface area contributed by atoms with Crippen LogP contribution in [-0.2, 0) is 6.18 Å². The summed E-state index contributed by atoms with van der Waals surface area (Å²) in [5.41, 5.74) is -2.01. The summed E-state index contributed by atoms with van der Waals surface area (Å²) in [6.45, 7) is 6.44. The maximum absolute atomic E-state index is 13.7. The summed E-state index contributed by atoms with van der Waals surface area (Å²) >= 11 is 15.3. The van der Waals surface area contributed by atoms with Crippen LogP contribution in [0.25, 0.3) is 10.9 Å². The maximum atomic E-state index is 13.7. The van der Waals surface area contributed by atoms with E-state index in [2.05, 4.69) is 25.9 Å². The Morgan fingerprint density at radius 2 is 1.94 bits per heavy atom. The number of anilines is 1. The minimum absolute atomic E-state index is 0.0966. The Kier molecular flexibility index (Phi) is 5.54. The van der Waals surface area contributed by atoms with Crippen molar-refractivity contribution in [2.24, 2.45) is 5.41 Å². The molecule has 1 amide bonds. The SMILES string of the molecule is CC(C)(C)C12CCC(CN(c3nc(Cl)nc4c(Cl)c(Br)c(C(F)(F)F)cc34)C1)N2C(=O)O. The number of rotatable bonds is 1. The second kappa shape index (κ2) is 7.50. The number of fused-ring (bicyclic) bond motifs is 3. The van der Waals surface area contributed by atoms with Crippen molar-refractivity contribution >= 4 is 61.9 Å². The number of halogens is 6. The summed E-state index contributed by atoms with van der Waals surface area (Å²) in [7, 11) is 0. The van der Waals surface area contributed by atoms with Crippen molar-refractivity contribution < 1.29 is 23.1 Å². The van der Waals surface area contributed by atoms with Crippen LogP contribution >= 0.6 is 39.1 Å². The molecule has 32 heavy (non-hydrogen) atoms. The topological polar surface area (TPSA) is 69.6 Å². The van der Waals surface area contributed by atoms with Crippen LogP contribution < -0.4 is 4.90 Å². The summed E-state index contributed by atoms with van der Waals surface area (Å²) in [5, 5.41) is 9.68. The molecule has 2 atom stereocenters. The van der Waals surface area contributed by atoms with Crippen LogP contribution in [0.3, 0.4) is 0 Å². The number of benzene rings is 1. The average Bonchev–Trinajstić information content (AvgIpc) is 2.91. The van der Waals surface area contributed by atoms with Gasteiger partial charge in [0.25, 0.3) is 0 Å². The number of carbonyl (C=O) groups is 1. The molecule has 0 saturated carbocycles. The largest absolute Gasteiger partial charge is 0.465 e. The molecule has 1 aromatic heterocycles. The second-order valence-corrected chi connectivity index (χ2v) is 10.8. The van der Waals surface area contributed by atoms with E-state index >= 15 is 0 Å². The molecule has 2 aromatic rings. The monoisotopic (exact) mass is 554 g/mol. The van der Waals surface area contributed by atoms with Gasteiger partial charge in [-0.05, 0) is 51.9 Å². The molecule has 0 spiro atoms. The molecule has 2 aliphatic rings. The Bertz CT molecular complexity index is 1120. The first-order valence-electron chi connectivity index (χ1n) is 9.87. The van der Waals surface area contributed by atoms with E-state index in [-0.39, 0.29) is 50.6 Å². The Hall–Kier alpha value is -1.52. The second-order valence-electron chi connectivity index (χ2n) is 9.27. The smallest absolute Gasteiger partial charge is 0.417 e. The Morgan fingerprint density at radius 3 is 2.50 bits per heavy atom. The van der Waals surface area contributed by atoms with Gasteiger partial charge in [-0.1, -0.05) is 32.4 Å². The third-order valence-corrected chi connectivity index (χ3v) is 8.22. The fourth-order valence-electron chi connectivity index (χ4n) is 5.05. The highest BCUT2D eigenvalue weighted by molar-refractivity contribution is 9.10. The molecule has 3 heterocycles. The highest BCUT2D eigenvalue weighted by Gasteiger charge is 2.59. The van der Waals surface area contributed by atoms with Crippen LogP contribution in [0.5, 0.6) is 0 Å². The summed E-state index contributed by atoms with van der Waals surface area (Å²) in [6.07, 6.45) is -4.36. The first-order chi connectivity index (χ1) is 14.7. The lowest BCUT2D eigenvalue weighted by atomic mass is 9.71. The molecular formula is C20H20BrCl2F3N4O2. The molecule has 2 fully saturated rings. The number of hydrogen-bond acceptors (Lipinski definition) is 4. The van der Waals surface area contributed by atoms with E-state index < -0.39 is 28.8 Å². The van der Waals surface area contributed by atoms with E-state index in [1.165, 1.54) is 4.90 Å². The van der Waals surface area contributed by atoms with Crippen LogP contribution in [0.1, 0.15) is 39.2 Å². The average molecular weight is 556 g/mol. The van der Waals surface area contributed by atoms with Crippen LogP contribution in [0, 0.1) is 5.41 Å². The van der Waals surface area contributed by atoms with Crippen molar-refractivity contribution in [2.75, 3.05) is 18.0 Å². The van der Waals surface area contributed by atoms with Crippen LogP contribution in [-0.4, -0.2) is 50.7 Å². The molecule has 4 rings (SSSR count). The van der Waals surface area contributed by atoms with Gasteiger partial charge < -0.3 is 10.0 Å². The van der Waals surface area contributed by atoms with Crippen LogP contribution in [0.15, 0.2) is 10.5 Å². The zero-order chi connectivity index (χ0) is 23.8. The Morgan fingerprint density at radius 1 is 1.28 bits per heavy atom. The number of carboxylic acid groups (broad SMARTS) is 1. The first-order valence-corrected chi connectivity index (χ1v) is 11.4. The lowest BCUT2D eigenvalue weighted by molar-refractivity contribution is -0.138. The highest BCUT2D eigenvalue weighted by atomic mass is 79.9. The Balaban J connectivity index is 1.93. The van der Waals surface area contributed by atoms with Crippen molar-refractivity contribution in [3.05, 3.63) is 26.4 Å². The fourth-order valence-corrected chi connectivity index (χ4v) is 5.99. The van der Waals surface area contributed by atoms with E-state index in [0.29, 0.717) is 12.8 Å². The van der Waals surface area contributed by atoms with Crippen molar-refractivity contribution in [2.45, 2.75) is 51.4 Å². The minimum Gasteiger partial charge on any atom is -0.465 e. The normalized spacial score (nSPS) is 23.8. The van der Waals surface area contributed by atoms with E-state index in [1.54, 1.807) is 0 Å². The number of amides is 1. The van der Waals surface area contributed by atoms with Gasteiger partial charge in [-0.15, -0.1) is 0 Å². The molecule has 174 valence electrons. The molecule has 2 unspecified atom stereocenters. The molecule has 0 aliphatic carbocycles. The molecule has 1 N–H and O–H groups in total. The van der Waals surface area contributed by atoms with Gasteiger partial charge in [0.2, 0.25) is 5.28 Å². The first kappa shape index (κ1) is 23.6. The van der Waals surface area contributed by atoms with Gasteiger partial charge in [0.15, 0.2) is 0 Å². The predicted molar refractivity (Wildman–Crippen MR) is 120 cm³/mol. The molecule has 2 aliphatic heterocycles. The molecule has 6 nitrogen and oxygen atoms in total. The van der Waals surface area contributed by atoms with Crippen LogP contribution in [0.2, 0.25) is 10.3 Å². The van der Waals surface area contributed by atoms with Gasteiger partial charge in [0, 0.05) is 18.5 Å². The van der Waals surface area contributed by atoms with Gasteiger partial charge in [0.05, 0.1) is 32.2 Å². The highest BCUT2D eigenvalue weighted by Crippen LogP contribution is 2.51. The summed E-state index contributed by atoms with van der Waals surface area (Å²) in [6, 6.07) is 0.643. The van der Waals surface area contributed by atoms with E-state index in [4.69, 9.17) is 23.2 Å². The lowest BCUT2D eigenvalue weighted by Crippen LogP contribution is -2.68. The van der Waals surface area contributed by atoms with Gasteiger partial charge >= 0.3 is 12.3 Å². The van der Waals surface area contributed by atoms with Gasteiger partial charge in [0.1, 0.15) is 5.82 Å². The quantitative estimate of drug-likeness (QED) is 0.409. The van der Waals surface area contributed by atoms with Crippen LogP contribution in [0.4, 0.5) is 23.8 Å². The molecule has 2 bridgehead atoms. The van der Waals surface area contributed by atoms with E-state index in [1.807, 2.05) is 25.7 Å².